The normalized spacial score (nSPS) is 20.2. The molecule has 1 aliphatic carbocycles. The van der Waals surface area contributed by atoms with Gasteiger partial charge in [0.25, 0.3) is 0 Å². The van der Waals surface area contributed by atoms with E-state index in [0.29, 0.717) is 35.0 Å². The Kier molecular flexibility index (Phi) is 5.97. The van der Waals surface area contributed by atoms with E-state index in [9.17, 15) is 15.0 Å². The lowest BCUT2D eigenvalue weighted by atomic mass is 9.94. The number of benzene rings is 2. The summed E-state index contributed by atoms with van der Waals surface area (Å²) in [6.07, 6.45) is 5.11. The van der Waals surface area contributed by atoms with Crippen LogP contribution < -0.4 is 10.9 Å². The summed E-state index contributed by atoms with van der Waals surface area (Å²) in [5.41, 5.74) is 2.18. The van der Waals surface area contributed by atoms with Crippen LogP contribution in [0.1, 0.15) is 42.9 Å². The minimum absolute atomic E-state index is 0.0124. The minimum atomic E-state index is -0.709. The van der Waals surface area contributed by atoms with Crippen LogP contribution in [-0.4, -0.2) is 27.8 Å². The molecule has 0 saturated heterocycles. The van der Waals surface area contributed by atoms with Gasteiger partial charge in [-0.1, -0.05) is 42.8 Å². The quantitative estimate of drug-likeness (QED) is 0.494. The van der Waals surface area contributed by atoms with E-state index in [0.717, 1.165) is 19.3 Å². The molecule has 0 aliphatic heterocycles. The van der Waals surface area contributed by atoms with E-state index in [1.54, 1.807) is 12.1 Å². The number of phenolic OH excluding ortho intramolecular Hbond substituents is 1. The monoisotopic (exact) mass is 392 g/mol. The standard InChI is InChI=1S/C24H28N2O3/c27-21-13-11-18(19-12-14-23(29)26-24(19)21)22(28)15-25-20-8-4-7-17(20)10-9-16-5-2-1-3-6-16/h1-3,5-6,11-14,17,20,22,25,27-28H,4,7-10,15H2,(H,26,29)/t17-,20-,22-/m0/s1. The van der Waals surface area contributed by atoms with Crippen LogP contribution in [0.5, 0.6) is 5.75 Å². The van der Waals surface area contributed by atoms with Crippen LogP contribution in [0.15, 0.2) is 59.4 Å². The Hall–Kier alpha value is -2.63. The van der Waals surface area contributed by atoms with Crippen LogP contribution in [0.2, 0.25) is 0 Å². The maximum absolute atomic E-state index is 11.6. The first-order valence-corrected chi connectivity index (χ1v) is 10.4. The average Bonchev–Trinajstić information content (AvgIpc) is 3.19. The molecule has 0 amide bonds. The zero-order valence-corrected chi connectivity index (χ0v) is 16.5. The van der Waals surface area contributed by atoms with Crippen LogP contribution in [0.4, 0.5) is 0 Å². The summed E-state index contributed by atoms with van der Waals surface area (Å²) in [6, 6.07) is 17.3. The molecule has 1 fully saturated rings. The molecule has 3 atom stereocenters. The fourth-order valence-corrected chi connectivity index (χ4v) is 4.57. The summed E-state index contributed by atoms with van der Waals surface area (Å²) < 4.78 is 0. The van der Waals surface area contributed by atoms with Gasteiger partial charge < -0.3 is 20.5 Å². The van der Waals surface area contributed by atoms with Crippen molar-refractivity contribution < 1.29 is 10.2 Å². The van der Waals surface area contributed by atoms with Crippen LogP contribution in [-0.2, 0) is 6.42 Å². The lowest BCUT2D eigenvalue weighted by Gasteiger charge is -2.23. The summed E-state index contributed by atoms with van der Waals surface area (Å²) in [5.74, 6) is 0.633. The van der Waals surface area contributed by atoms with Crippen molar-refractivity contribution in [3.63, 3.8) is 0 Å². The summed E-state index contributed by atoms with van der Waals surface area (Å²) in [6.45, 7) is 0.450. The Bertz CT molecular complexity index is 1020. The van der Waals surface area contributed by atoms with E-state index in [-0.39, 0.29) is 11.3 Å². The van der Waals surface area contributed by atoms with E-state index in [2.05, 4.69) is 34.6 Å². The van der Waals surface area contributed by atoms with Gasteiger partial charge in [-0.25, -0.2) is 0 Å². The van der Waals surface area contributed by atoms with Crippen LogP contribution >= 0.6 is 0 Å². The Morgan fingerprint density at radius 2 is 1.90 bits per heavy atom. The molecule has 1 aromatic heterocycles. The molecule has 1 aliphatic rings. The van der Waals surface area contributed by atoms with Crippen molar-refractivity contribution in [1.29, 1.82) is 0 Å². The number of rotatable bonds is 7. The Labute approximate surface area is 170 Å². The van der Waals surface area contributed by atoms with Gasteiger partial charge in [0.2, 0.25) is 5.56 Å². The molecule has 29 heavy (non-hydrogen) atoms. The highest BCUT2D eigenvalue weighted by Gasteiger charge is 2.27. The van der Waals surface area contributed by atoms with Crippen molar-refractivity contribution in [3.05, 3.63) is 76.1 Å². The second kappa shape index (κ2) is 8.80. The first-order chi connectivity index (χ1) is 14.1. The number of aromatic hydroxyl groups is 1. The molecule has 0 radical (unpaired) electrons. The number of aliphatic hydroxyl groups excluding tert-OH is 1. The van der Waals surface area contributed by atoms with Gasteiger partial charge in [0, 0.05) is 24.0 Å². The zero-order valence-electron chi connectivity index (χ0n) is 16.5. The molecular weight excluding hydrogens is 364 g/mol. The highest BCUT2D eigenvalue weighted by atomic mass is 16.3. The second-order valence-electron chi connectivity index (χ2n) is 8.03. The number of fused-ring (bicyclic) bond motifs is 1. The molecule has 4 N–H and O–H groups in total. The van der Waals surface area contributed by atoms with Gasteiger partial charge in [-0.15, -0.1) is 0 Å². The first kappa shape index (κ1) is 19.7. The third-order valence-electron chi connectivity index (χ3n) is 6.14. The number of nitrogens with one attached hydrogen (secondary N) is 2. The van der Waals surface area contributed by atoms with Crippen molar-refractivity contribution in [3.8, 4) is 5.75 Å². The molecule has 0 spiro atoms. The number of H-pyrrole nitrogens is 1. The second-order valence-corrected chi connectivity index (χ2v) is 8.03. The Morgan fingerprint density at radius 3 is 2.72 bits per heavy atom. The Balaban J connectivity index is 1.40. The maximum Gasteiger partial charge on any atom is 0.248 e. The third kappa shape index (κ3) is 4.52. The van der Waals surface area contributed by atoms with Crippen molar-refractivity contribution in [2.75, 3.05) is 6.54 Å². The summed E-state index contributed by atoms with van der Waals surface area (Å²) >= 11 is 0. The predicted molar refractivity (Wildman–Crippen MR) is 115 cm³/mol. The number of pyridine rings is 1. The fourth-order valence-electron chi connectivity index (χ4n) is 4.57. The largest absolute Gasteiger partial charge is 0.506 e. The third-order valence-corrected chi connectivity index (χ3v) is 6.14. The van der Waals surface area contributed by atoms with E-state index in [4.69, 9.17) is 0 Å². The lowest BCUT2D eigenvalue weighted by molar-refractivity contribution is 0.167. The minimum Gasteiger partial charge on any atom is -0.506 e. The molecule has 4 rings (SSSR count). The van der Waals surface area contributed by atoms with E-state index < -0.39 is 6.10 Å². The van der Waals surface area contributed by atoms with Gasteiger partial charge in [-0.05, 0) is 54.9 Å². The number of aromatic nitrogens is 1. The molecule has 2 aromatic carbocycles. The topological polar surface area (TPSA) is 85.3 Å². The predicted octanol–water partition coefficient (Wildman–Crippen LogP) is 3.66. The molecule has 5 heteroatoms. The van der Waals surface area contributed by atoms with E-state index >= 15 is 0 Å². The summed E-state index contributed by atoms with van der Waals surface area (Å²) in [5, 5.41) is 25.1. The van der Waals surface area contributed by atoms with Crippen LogP contribution in [0, 0.1) is 5.92 Å². The van der Waals surface area contributed by atoms with Gasteiger partial charge >= 0.3 is 0 Å². The van der Waals surface area contributed by atoms with E-state index in [1.807, 2.05) is 6.07 Å². The van der Waals surface area contributed by atoms with Crippen molar-refractivity contribution in [1.82, 2.24) is 10.3 Å². The van der Waals surface area contributed by atoms with Crippen molar-refractivity contribution in [2.24, 2.45) is 5.92 Å². The van der Waals surface area contributed by atoms with Crippen LogP contribution in [0.3, 0.4) is 0 Å². The molecule has 5 nitrogen and oxygen atoms in total. The molecule has 152 valence electrons. The fraction of sp³-hybridized carbons (Fsp3) is 0.375. The maximum atomic E-state index is 11.6. The molecule has 0 unspecified atom stereocenters. The highest BCUT2D eigenvalue weighted by Crippen LogP contribution is 2.31. The number of aliphatic hydroxyl groups is 1. The number of hydrogen-bond acceptors (Lipinski definition) is 4. The molecule has 1 heterocycles. The Morgan fingerprint density at radius 1 is 1.07 bits per heavy atom. The highest BCUT2D eigenvalue weighted by molar-refractivity contribution is 5.87. The molecule has 0 bridgehead atoms. The van der Waals surface area contributed by atoms with Gasteiger partial charge in [0.1, 0.15) is 5.75 Å². The average molecular weight is 392 g/mol. The number of aryl methyl sites for hydroxylation is 1. The molecular formula is C24H28N2O3. The van der Waals surface area contributed by atoms with Gasteiger partial charge in [-0.2, -0.15) is 0 Å². The van der Waals surface area contributed by atoms with Gasteiger partial charge in [0.05, 0.1) is 11.6 Å². The van der Waals surface area contributed by atoms with Gasteiger partial charge in [-0.3, -0.25) is 4.79 Å². The molecule has 3 aromatic rings. The van der Waals surface area contributed by atoms with Crippen LogP contribution in [0.25, 0.3) is 10.9 Å². The van der Waals surface area contributed by atoms with E-state index in [1.165, 1.54) is 30.5 Å². The lowest BCUT2D eigenvalue weighted by Crippen LogP contribution is -2.35. The first-order valence-electron chi connectivity index (χ1n) is 10.4. The summed E-state index contributed by atoms with van der Waals surface area (Å²) in [4.78, 5) is 14.2. The number of hydrogen-bond donors (Lipinski definition) is 4. The number of aromatic amines is 1. The summed E-state index contributed by atoms with van der Waals surface area (Å²) in [7, 11) is 0. The number of phenols is 1. The zero-order chi connectivity index (χ0) is 20.2. The van der Waals surface area contributed by atoms with Gasteiger partial charge in [0.15, 0.2) is 0 Å². The van der Waals surface area contributed by atoms with Crippen molar-refractivity contribution in [2.45, 2.75) is 44.2 Å². The SMILES string of the molecule is O=c1ccc2c([C@@H](O)CN[C@H]3CCC[C@H]3CCc3ccccc3)ccc(O)c2[nH]1. The van der Waals surface area contributed by atoms with Crippen molar-refractivity contribution >= 4 is 10.9 Å². The smallest absolute Gasteiger partial charge is 0.248 e. The molecule has 1 saturated carbocycles.